The molecule has 0 radical (unpaired) electrons. The van der Waals surface area contributed by atoms with E-state index in [2.05, 4.69) is 21.7 Å². The number of benzene rings is 2. The third-order valence-corrected chi connectivity index (χ3v) is 3.88. The second-order valence-electron chi connectivity index (χ2n) is 5.83. The third kappa shape index (κ3) is 4.42. The van der Waals surface area contributed by atoms with E-state index in [1.165, 1.54) is 24.3 Å². The molecule has 0 saturated carbocycles. The van der Waals surface area contributed by atoms with Crippen LogP contribution < -0.4 is 24.8 Å². The lowest BCUT2D eigenvalue weighted by Crippen LogP contribution is -2.65. The number of hydrogen-bond donors (Lipinski definition) is 2. The molecular formula is C17H11ClF6N2O4. The first-order valence-electron chi connectivity index (χ1n) is 8.00. The molecule has 2 aromatic carbocycles. The van der Waals surface area contributed by atoms with Crippen molar-refractivity contribution >= 4 is 23.3 Å². The maximum atomic E-state index is 13.5. The van der Waals surface area contributed by atoms with Gasteiger partial charge in [0, 0.05) is 5.69 Å². The van der Waals surface area contributed by atoms with Crippen molar-refractivity contribution in [1.82, 2.24) is 5.32 Å². The largest absolute Gasteiger partial charge is 0.492 e. The molecule has 1 atom stereocenters. The molecule has 0 saturated heterocycles. The summed E-state index contributed by atoms with van der Waals surface area (Å²) in [5.41, 5.74) is -3.20. The summed E-state index contributed by atoms with van der Waals surface area (Å²) in [6.45, 7) is 0. The lowest BCUT2D eigenvalue weighted by Gasteiger charge is -2.29. The Bertz CT molecular complexity index is 898. The number of halogens is 7. The molecule has 1 aliphatic rings. The number of urea groups is 1. The Hall–Kier alpha value is -3.02. The van der Waals surface area contributed by atoms with E-state index in [1.807, 2.05) is 0 Å². The van der Waals surface area contributed by atoms with Gasteiger partial charge in [0.1, 0.15) is 5.75 Å². The average Bonchev–Trinajstić information content (AvgIpc) is 3.02. The number of para-hydroxylation sites is 2. The van der Waals surface area contributed by atoms with E-state index in [-0.39, 0.29) is 17.2 Å². The Kier molecular flexibility index (Phi) is 5.54. The standard InChI is InChI=1S/C17H11ClF6N2O4/c18-13(19)15(20,21)28-10-7-5-9(6-8-10)25-14(27)26-17(16(22,23)24)29-11-3-1-2-4-12(11)30-17/h1-8,13H,(H2,25,26,27)/t13-/m1/s1. The predicted octanol–water partition coefficient (Wildman–Crippen LogP) is 5.00. The summed E-state index contributed by atoms with van der Waals surface area (Å²) >= 11 is 4.66. The molecule has 0 bridgehead atoms. The van der Waals surface area contributed by atoms with Crippen molar-refractivity contribution in [1.29, 1.82) is 0 Å². The van der Waals surface area contributed by atoms with Crippen LogP contribution in [0.25, 0.3) is 0 Å². The number of ether oxygens (including phenoxy) is 3. The zero-order valence-electron chi connectivity index (χ0n) is 14.5. The molecule has 2 N–H and O–H groups in total. The molecule has 0 fully saturated rings. The molecule has 1 heterocycles. The molecule has 0 aromatic heterocycles. The summed E-state index contributed by atoms with van der Waals surface area (Å²) in [4.78, 5) is 12.1. The van der Waals surface area contributed by atoms with Gasteiger partial charge >= 0.3 is 24.2 Å². The van der Waals surface area contributed by atoms with Crippen LogP contribution in [0.4, 0.5) is 36.8 Å². The van der Waals surface area contributed by atoms with Crippen LogP contribution in [-0.2, 0) is 0 Å². The molecule has 30 heavy (non-hydrogen) atoms. The van der Waals surface area contributed by atoms with Crippen LogP contribution in [0.15, 0.2) is 48.5 Å². The van der Waals surface area contributed by atoms with Crippen LogP contribution in [-0.4, -0.2) is 29.9 Å². The molecule has 1 aliphatic heterocycles. The third-order valence-electron chi connectivity index (χ3n) is 3.63. The first-order chi connectivity index (χ1) is 13.9. The van der Waals surface area contributed by atoms with E-state index in [0.717, 1.165) is 24.3 Å². The highest BCUT2D eigenvalue weighted by Crippen LogP contribution is 2.44. The van der Waals surface area contributed by atoms with E-state index >= 15 is 0 Å². The van der Waals surface area contributed by atoms with Gasteiger partial charge in [0.2, 0.25) is 0 Å². The highest BCUT2D eigenvalue weighted by molar-refractivity contribution is 6.20. The van der Waals surface area contributed by atoms with E-state index in [9.17, 15) is 31.1 Å². The van der Waals surface area contributed by atoms with Crippen molar-refractivity contribution in [3.05, 3.63) is 48.5 Å². The predicted molar refractivity (Wildman–Crippen MR) is 91.4 cm³/mol. The van der Waals surface area contributed by atoms with Crippen LogP contribution in [0.2, 0.25) is 0 Å². The summed E-state index contributed by atoms with van der Waals surface area (Å²) < 4.78 is 93.0. The second-order valence-corrected chi connectivity index (χ2v) is 6.22. The molecule has 2 amide bonds. The van der Waals surface area contributed by atoms with Gasteiger partial charge in [-0.2, -0.15) is 22.0 Å². The van der Waals surface area contributed by atoms with Crippen LogP contribution >= 0.6 is 11.6 Å². The molecular weight excluding hydrogens is 446 g/mol. The first kappa shape index (κ1) is 21.7. The maximum absolute atomic E-state index is 13.5. The minimum Gasteiger partial charge on any atom is -0.429 e. The number of carbonyl (C=O) groups is 1. The number of alkyl halides is 7. The first-order valence-corrected chi connectivity index (χ1v) is 8.43. The quantitative estimate of drug-likeness (QED) is 0.491. The SMILES string of the molecule is O=C(Nc1ccc(OC(F)(F)[C@@H](F)Cl)cc1)NC1(C(F)(F)F)Oc2ccccc2O1. The average molecular weight is 457 g/mol. The van der Waals surface area contributed by atoms with Crippen molar-refractivity contribution in [2.75, 3.05) is 5.32 Å². The lowest BCUT2D eigenvalue weighted by molar-refractivity contribution is -0.317. The monoisotopic (exact) mass is 456 g/mol. The Morgan fingerprint density at radius 3 is 2.00 bits per heavy atom. The summed E-state index contributed by atoms with van der Waals surface area (Å²) in [6, 6.07) is 7.79. The fourth-order valence-corrected chi connectivity index (χ4v) is 2.35. The molecule has 2 aromatic rings. The fraction of sp³-hybridized carbons (Fsp3) is 0.235. The van der Waals surface area contributed by atoms with E-state index < -0.39 is 35.6 Å². The normalized spacial score (nSPS) is 16.0. The number of fused-ring (bicyclic) bond motifs is 1. The Labute approximate surface area is 169 Å². The minimum atomic E-state index is -5.16. The van der Waals surface area contributed by atoms with Gasteiger partial charge in [-0.05, 0) is 36.4 Å². The molecule has 0 unspecified atom stereocenters. The van der Waals surface area contributed by atoms with Gasteiger partial charge < -0.3 is 19.5 Å². The summed E-state index contributed by atoms with van der Waals surface area (Å²) in [7, 11) is 0. The number of anilines is 1. The second kappa shape index (κ2) is 7.67. The summed E-state index contributed by atoms with van der Waals surface area (Å²) in [5, 5.41) is 3.61. The number of hydrogen-bond acceptors (Lipinski definition) is 4. The number of nitrogens with one attached hydrogen (secondary N) is 2. The molecule has 0 aliphatic carbocycles. The minimum absolute atomic E-state index is 0.0985. The van der Waals surface area contributed by atoms with Gasteiger partial charge in [-0.1, -0.05) is 23.7 Å². The van der Waals surface area contributed by atoms with Crippen molar-refractivity contribution in [2.45, 2.75) is 23.8 Å². The summed E-state index contributed by atoms with van der Waals surface area (Å²) in [6.07, 6.45) is -9.46. The molecule has 0 spiro atoms. The van der Waals surface area contributed by atoms with Crippen molar-refractivity contribution in [3.63, 3.8) is 0 Å². The van der Waals surface area contributed by atoms with Crippen molar-refractivity contribution < 1.29 is 45.3 Å². The summed E-state index contributed by atoms with van der Waals surface area (Å²) in [5.74, 6) is -4.44. The zero-order valence-corrected chi connectivity index (χ0v) is 15.2. The lowest BCUT2D eigenvalue weighted by atomic mass is 10.3. The Balaban J connectivity index is 1.68. The Morgan fingerprint density at radius 1 is 1.00 bits per heavy atom. The highest BCUT2D eigenvalue weighted by atomic mass is 35.5. The van der Waals surface area contributed by atoms with Gasteiger partial charge in [0.15, 0.2) is 11.5 Å². The Morgan fingerprint density at radius 2 is 1.53 bits per heavy atom. The topological polar surface area (TPSA) is 68.8 Å². The number of carbonyl (C=O) groups excluding carboxylic acids is 1. The molecule has 162 valence electrons. The van der Waals surface area contributed by atoms with Crippen LogP contribution in [0.1, 0.15) is 0 Å². The fourth-order valence-electron chi connectivity index (χ4n) is 2.31. The van der Waals surface area contributed by atoms with Crippen LogP contribution in [0.5, 0.6) is 17.2 Å². The van der Waals surface area contributed by atoms with Gasteiger partial charge in [0.05, 0.1) is 0 Å². The van der Waals surface area contributed by atoms with Crippen molar-refractivity contribution in [3.8, 4) is 17.2 Å². The van der Waals surface area contributed by atoms with Gasteiger partial charge in [0.25, 0.3) is 5.63 Å². The van der Waals surface area contributed by atoms with Gasteiger partial charge in [-0.3, -0.25) is 5.32 Å². The van der Waals surface area contributed by atoms with E-state index in [0.29, 0.717) is 0 Å². The smallest absolute Gasteiger partial charge is 0.429 e. The highest BCUT2D eigenvalue weighted by Gasteiger charge is 2.65. The van der Waals surface area contributed by atoms with Crippen molar-refractivity contribution in [2.24, 2.45) is 0 Å². The zero-order chi connectivity index (χ0) is 22.2. The number of rotatable bonds is 5. The van der Waals surface area contributed by atoms with Crippen LogP contribution in [0, 0.1) is 0 Å². The van der Waals surface area contributed by atoms with Gasteiger partial charge in [-0.25, -0.2) is 9.18 Å². The molecule has 13 heteroatoms. The molecule has 6 nitrogen and oxygen atoms in total. The number of amides is 2. The molecule has 3 rings (SSSR count). The van der Waals surface area contributed by atoms with Crippen LogP contribution in [0.3, 0.4) is 0 Å². The van der Waals surface area contributed by atoms with Gasteiger partial charge in [-0.15, -0.1) is 0 Å². The van der Waals surface area contributed by atoms with E-state index in [1.54, 1.807) is 5.32 Å². The maximum Gasteiger partial charge on any atom is 0.492 e. The van der Waals surface area contributed by atoms with E-state index in [4.69, 9.17) is 9.47 Å².